The van der Waals surface area contributed by atoms with Crippen molar-refractivity contribution in [1.29, 1.82) is 0 Å². The lowest BCUT2D eigenvalue weighted by molar-refractivity contribution is -0.137. The average Bonchev–Trinajstić information content (AvgIpc) is 2.53. The van der Waals surface area contributed by atoms with Gasteiger partial charge < -0.3 is 15.5 Å². The summed E-state index contributed by atoms with van der Waals surface area (Å²) in [7, 11) is 1.99. The highest BCUT2D eigenvalue weighted by atomic mass is 19.4. The summed E-state index contributed by atoms with van der Waals surface area (Å²) in [6, 6.07) is 7.80. The lowest BCUT2D eigenvalue weighted by atomic mass is 10.1. The zero-order chi connectivity index (χ0) is 18.0. The topological polar surface area (TPSA) is 57.3 Å². The molecule has 1 aliphatic heterocycles. The Morgan fingerprint density at radius 3 is 2.48 bits per heavy atom. The molecular formula is C17H17F3N4O. The van der Waals surface area contributed by atoms with E-state index in [-0.39, 0.29) is 11.7 Å². The van der Waals surface area contributed by atoms with Crippen LogP contribution in [-0.2, 0) is 6.18 Å². The van der Waals surface area contributed by atoms with E-state index in [4.69, 9.17) is 0 Å². The van der Waals surface area contributed by atoms with Gasteiger partial charge in [0.15, 0.2) is 0 Å². The maximum absolute atomic E-state index is 12.6. The molecule has 0 saturated carbocycles. The molecule has 0 aliphatic carbocycles. The van der Waals surface area contributed by atoms with Crippen molar-refractivity contribution in [2.75, 3.05) is 30.8 Å². The lowest BCUT2D eigenvalue weighted by Gasteiger charge is -2.37. The largest absolute Gasteiger partial charge is 0.416 e. The molecule has 8 heteroatoms. The summed E-state index contributed by atoms with van der Waals surface area (Å²) in [5.41, 5.74) is -0.128. The van der Waals surface area contributed by atoms with Crippen LogP contribution in [0.15, 0.2) is 42.6 Å². The number of hydrogen-bond donors (Lipinski definition) is 2. The van der Waals surface area contributed by atoms with E-state index in [0.29, 0.717) is 11.4 Å². The van der Waals surface area contributed by atoms with Gasteiger partial charge in [-0.25, -0.2) is 4.98 Å². The van der Waals surface area contributed by atoms with E-state index in [0.717, 1.165) is 25.2 Å². The number of benzene rings is 1. The van der Waals surface area contributed by atoms with Crippen molar-refractivity contribution in [1.82, 2.24) is 9.88 Å². The van der Waals surface area contributed by atoms with Crippen LogP contribution < -0.4 is 10.6 Å². The maximum atomic E-state index is 12.6. The fourth-order valence-corrected chi connectivity index (χ4v) is 2.63. The van der Waals surface area contributed by atoms with E-state index >= 15 is 0 Å². The molecule has 1 aromatic carbocycles. The number of halogens is 3. The molecular weight excluding hydrogens is 333 g/mol. The Morgan fingerprint density at radius 1 is 1.20 bits per heavy atom. The van der Waals surface area contributed by atoms with Crippen molar-refractivity contribution in [3.63, 3.8) is 0 Å². The second kappa shape index (κ2) is 6.72. The minimum Gasteiger partial charge on any atom is -0.364 e. The Balaban J connectivity index is 1.71. The second-order valence-corrected chi connectivity index (χ2v) is 5.99. The number of likely N-dealkylation sites (tertiary alicyclic amines) is 1. The van der Waals surface area contributed by atoms with Gasteiger partial charge in [0.25, 0.3) is 5.91 Å². The normalized spacial score (nSPS) is 15.5. The summed E-state index contributed by atoms with van der Waals surface area (Å²) in [6.45, 7) is 1.72. The number of rotatable bonds is 4. The van der Waals surface area contributed by atoms with Crippen LogP contribution in [0, 0.1) is 0 Å². The Bertz CT molecular complexity index is 755. The van der Waals surface area contributed by atoms with Crippen LogP contribution in [0.3, 0.4) is 0 Å². The first-order chi connectivity index (χ1) is 11.8. The summed E-state index contributed by atoms with van der Waals surface area (Å²) < 4.78 is 37.7. The van der Waals surface area contributed by atoms with Crippen LogP contribution >= 0.6 is 0 Å². The van der Waals surface area contributed by atoms with E-state index in [9.17, 15) is 18.0 Å². The Hall–Kier alpha value is -2.61. The predicted octanol–water partition coefficient (Wildman–Crippen LogP) is 3.08. The zero-order valence-corrected chi connectivity index (χ0v) is 13.5. The number of aromatic nitrogens is 1. The minimum atomic E-state index is -4.40. The van der Waals surface area contributed by atoms with Crippen LogP contribution in [0.5, 0.6) is 0 Å². The van der Waals surface area contributed by atoms with Gasteiger partial charge in [0.05, 0.1) is 17.2 Å². The lowest BCUT2D eigenvalue weighted by Crippen LogP contribution is -2.52. The highest BCUT2D eigenvalue weighted by Crippen LogP contribution is 2.30. The van der Waals surface area contributed by atoms with Gasteiger partial charge in [0.1, 0.15) is 5.82 Å². The maximum Gasteiger partial charge on any atom is 0.416 e. The number of carbonyl (C=O) groups excluding carboxylic acids is 1. The molecule has 25 heavy (non-hydrogen) atoms. The summed E-state index contributed by atoms with van der Waals surface area (Å²) in [5, 5.41) is 5.81. The predicted molar refractivity (Wildman–Crippen MR) is 88.5 cm³/mol. The SMILES string of the molecule is CN1CC(Nc2ncccc2C(=O)Nc2ccc(C(F)(F)F)cc2)C1. The van der Waals surface area contributed by atoms with Crippen molar-refractivity contribution < 1.29 is 18.0 Å². The number of nitrogens with one attached hydrogen (secondary N) is 2. The summed E-state index contributed by atoms with van der Waals surface area (Å²) in [6.07, 6.45) is -2.82. The van der Waals surface area contributed by atoms with Gasteiger partial charge in [0, 0.05) is 25.0 Å². The van der Waals surface area contributed by atoms with Gasteiger partial charge in [-0.1, -0.05) is 0 Å². The van der Waals surface area contributed by atoms with Crippen LogP contribution in [0.25, 0.3) is 0 Å². The number of likely N-dealkylation sites (N-methyl/N-ethyl adjacent to an activating group) is 1. The second-order valence-electron chi connectivity index (χ2n) is 5.99. The zero-order valence-electron chi connectivity index (χ0n) is 13.5. The van der Waals surface area contributed by atoms with E-state index in [1.807, 2.05) is 7.05 Å². The number of hydrogen-bond acceptors (Lipinski definition) is 4. The highest BCUT2D eigenvalue weighted by Gasteiger charge is 2.30. The first-order valence-corrected chi connectivity index (χ1v) is 7.71. The Morgan fingerprint density at radius 2 is 1.88 bits per heavy atom. The molecule has 2 N–H and O–H groups in total. The quantitative estimate of drug-likeness (QED) is 0.890. The summed E-state index contributed by atoms with van der Waals surface area (Å²) in [5.74, 6) is 0.0352. The van der Waals surface area contributed by atoms with Gasteiger partial charge >= 0.3 is 6.18 Å². The minimum absolute atomic E-state index is 0.220. The number of anilines is 2. The molecule has 1 aliphatic rings. The average molecular weight is 350 g/mol. The van der Waals surface area contributed by atoms with Crippen molar-refractivity contribution in [3.05, 3.63) is 53.7 Å². The molecule has 0 atom stereocenters. The fourth-order valence-electron chi connectivity index (χ4n) is 2.63. The molecule has 1 aromatic heterocycles. The standard InChI is InChI=1S/C17H17F3N4O/c1-24-9-13(10-24)22-15-14(3-2-8-21-15)16(25)23-12-6-4-11(5-7-12)17(18,19)20/h2-8,13H,9-10H2,1H3,(H,21,22)(H,23,25). The molecule has 0 unspecified atom stereocenters. The third-order valence-corrected chi connectivity index (χ3v) is 3.93. The molecule has 5 nitrogen and oxygen atoms in total. The molecule has 0 spiro atoms. The van der Waals surface area contributed by atoms with E-state index in [1.165, 1.54) is 12.1 Å². The molecule has 1 saturated heterocycles. The molecule has 0 bridgehead atoms. The number of alkyl halides is 3. The molecule has 2 aromatic rings. The van der Waals surface area contributed by atoms with Crippen molar-refractivity contribution in [3.8, 4) is 0 Å². The molecule has 2 heterocycles. The van der Waals surface area contributed by atoms with Crippen LogP contribution in [0.2, 0.25) is 0 Å². The fraction of sp³-hybridized carbons (Fsp3) is 0.294. The third kappa shape index (κ3) is 4.08. The molecule has 1 amide bonds. The number of nitrogens with zero attached hydrogens (tertiary/aromatic N) is 2. The highest BCUT2D eigenvalue weighted by molar-refractivity contribution is 6.07. The van der Waals surface area contributed by atoms with E-state index < -0.39 is 17.6 Å². The monoisotopic (exact) mass is 350 g/mol. The molecule has 3 rings (SSSR count). The van der Waals surface area contributed by atoms with Crippen molar-refractivity contribution in [2.24, 2.45) is 0 Å². The van der Waals surface area contributed by atoms with Crippen molar-refractivity contribution >= 4 is 17.4 Å². The first kappa shape index (κ1) is 17.2. The Kier molecular flexibility index (Phi) is 4.63. The van der Waals surface area contributed by atoms with E-state index in [1.54, 1.807) is 18.3 Å². The van der Waals surface area contributed by atoms with Gasteiger partial charge in [-0.2, -0.15) is 13.2 Å². The smallest absolute Gasteiger partial charge is 0.364 e. The first-order valence-electron chi connectivity index (χ1n) is 7.71. The number of amides is 1. The van der Waals surface area contributed by atoms with Gasteiger partial charge in [-0.15, -0.1) is 0 Å². The van der Waals surface area contributed by atoms with Crippen LogP contribution in [0.1, 0.15) is 15.9 Å². The van der Waals surface area contributed by atoms with Gasteiger partial charge in [0.2, 0.25) is 0 Å². The van der Waals surface area contributed by atoms with Gasteiger partial charge in [-0.05, 0) is 43.4 Å². The summed E-state index contributed by atoms with van der Waals surface area (Å²) >= 11 is 0. The molecule has 132 valence electrons. The Labute approximate surface area is 142 Å². The van der Waals surface area contributed by atoms with E-state index in [2.05, 4.69) is 20.5 Å². The summed E-state index contributed by atoms with van der Waals surface area (Å²) in [4.78, 5) is 18.8. The van der Waals surface area contributed by atoms with Crippen molar-refractivity contribution in [2.45, 2.75) is 12.2 Å². The molecule has 1 fully saturated rings. The van der Waals surface area contributed by atoms with Gasteiger partial charge in [-0.3, -0.25) is 4.79 Å². The number of pyridine rings is 1. The van der Waals surface area contributed by atoms with Crippen LogP contribution in [-0.4, -0.2) is 42.0 Å². The third-order valence-electron chi connectivity index (χ3n) is 3.93. The molecule has 0 radical (unpaired) electrons. The van der Waals surface area contributed by atoms with Crippen LogP contribution in [0.4, 0.5) is 24.7 Å². The number of carbonyl (C=O) groups is 1.